The number of carbonyl (C=O) groups is 2. The highest BCUT2D eigenvalue weighted by Crippen LogP contribution is 2.64. The third-order valence-electron chi connectivity index (χ3n) is 18.6. The van der Waals surface area contributed by atoms with Crippen molar-refractivity contribution in [3.05, 3.63) is 191 Å². The summed E-state index contributed by atoms with van der Waals surface area (Å²) < 4.78 is 154. The highest BCUT2D eigenvalue weighted by molar-refractivity contribution is 7.80. The quantitative estimate of drug-likeness (QED) is 0.0103. The average molecular weight is 2060 g/mol. The summed E-state index contributed by atoms with van der Waals surface area (Å²) in [4.78, 5) is 200. The molecule has 131 heavy (non-hydrogen) atoms. The summed E-state index contributed by atoms with van der Waals surface area (Å²) in [5, 5.41) is 41.1. The van der Waals surface area contributed by atoms with Gasteiger partial charge in [0, 0.05) is 101 Å². The van der Waals surface area contributed by atoms with Crippen LogP contribution in [0, 0.1) is 24.7 Å². The van der Waals surface area contributed by atoms with Crippen molar-refractivity contribution in [3.63, 3.8) is 0 Å². The fraction of sp³-hybridized carbons (Fsp3) is 0.415. The van der Waals surface area contributed by atoms with Crippen LogP contribution in [0.15, 0.2) is 130 Å². The highest BCUT2D eigenvalue weighted by Gasteiger charge is 2.47. The molecule has 3 aromatic carbocycles. The Morgan fingerprint density at radius 3 is 1.15 bits per heavy atom. The molecule has 3 saturated heterocycles. The average Bonchev–Trinajstić information content (AvgIpc) is 1.70. The lowest BCUT2D eigenvalue weighted by Crippen LogP contribution is -2.50. The van der Waals surface area contributed by atoms with Crippen LogP contribution in [-0.4, -0.2) is 145 Å². The Labute approximate surface area is 751 Å². The third-order valence-corrected chi connectivity index (χ3v) is 30.4. The zero-order valence-electron chi connectivity index (χ0n) is 68.1. The fourth-order valence-electron chi connectivity index (χ4n) is 12.6. The Hall–Kier alpha value is -6.79. The van der Waals surface area contributed by atoms with Gasteiger partial charge in [0.15, 0.2) is 0 Å². The molecule has 66 heteroatoms. The van der Waals surface area contributed by atoms with Crippen LogP contribution >= 0.6 is 94.6 Å². The number of aliphatic hydroxyl groups excluding tert-OH is 3. The van der Waals surface area contributed by atoms with Crippen LogP contribution in [0.5, 0.6) is 0 Å². The summed E-state index contributed by atoms with van der Waals surface area (Å²) in [6.07, 6.45) is -0.425. The number of hydrogen-bond acceptors (Lipinski definition) is 48. The number of aryl methyl sites for hydroxylation is 1. The Balaban J connectivity index is 0.000000286. The number of phosphoric acid groups is 9. The first-order valence-electron chi connectivity index (χ1n) is 37.2. The first-order chi connectivity index (χ1) is 60.5. The lowest BCUT2D eigenvalue weighted by Gasteiger charge is -2.40. The van der Waals surface area contributed by atoms with Crippen LogP contribution in [0.3, 0.4) is 0 Å². The predicted octanol–water partition coefficient (Wildman–Crippen LogP) is -3.04. The van der Waals surface area contributed by atoms with Crippen molar-refractivity contribution in [3.8, 4) is 0 Å². The number of halogens is 1. The molecule has 6 heterocycles. The van der Waals surface area contributed by atoms with E-state index in [0.717, 1.165) is 42.2 Å². The molecule has 19 N–H and O–H groups in total. The number of hydrogen-bond donors (Lipinski definition) is 15. The number of benzene rings is 3. The maximum atomic E-state index is 13.5. The third kappa shape index (κ3) is 33.3. The SMILES string of the molecule is CCC(CC(=O)N/C=C/c1cn([C@@H]2O[C@H](COP(=O)([O-])OP(=O)([O-])OP(=O)([O-])O)C(O)[C@@H]2C)c(=O)nc1N)NC(c1ccccc1)(c1ccc(C)cc1)c1ccc(Cl)cc1.C[C@H]1C(O)[C@@H](COP(=O)([O-])OP(=O)([O-])OP(=O)([O-])O)O[C@H]1n1cc(/C=C/N)c(N)nc1=O.C[C@H]1C(O)[C@@H](COP(=O)([O-])OP(=O)([O-])OP(=O)([O-])O)O[C@H]1n1cc(/C=C/NC(=O)CC(N)CS)c(N)nc1=O. The van der Waals surface area contributed by atoms with E-state index in [9.17, 15) is 124 Å². The number of nitrogens with one attached hydrogen (secondary N) is 3. The van der Waals surface area contributed by atoms with E-state index < -0.39 is 198 Å². The minimum atomic E-state index is -6.16. The van der Waals surface area contributed by atoms with Gasteiger partial charge in [-0.15, -0.1) is 0 Å². The van der Waals surface area contributed by atoms with Gasteiger partial charge in [-0.25, -0.2) is 40.2 Å². The molecule has 55 nitrogen and oxygen atoms in total. The van der Waals surface area contributed by atoms with E-state index >= 15 is 0 Å². The number of nitrogen functional groups attached to an aromatic ring is 3. The van der Waals surface area contributed by atoms with Crippen LogP contribution in [0.1, 0.15) is 105 Å². The van der Waals surface area contributed by atoms with Gasteiger partial charge in [-0.2, -0.15) is 27.6 Å². The number of phosphoric ester groups is 3. The predicted molar refractivity (Wildman–Crippen MR) is 440 cm³/mol. The molecule has 3 aliphatic rings. The molecular weight excluding hydrogens is 1980 g/mol. The fourth-order valence-corrected chi connectivity index (χ4v) is 21.5. The molecule has 24 atom stereocenters. The maximum Gasteiger partial charge on any atom is 0.351 e. The number of nitrogens with two attached hydrogens (primary N) is 5. The van der Waals surface area contributed by atoms with Crippen molar-refractivity contribution in [1.29, 1.82) is 0 Å². The largest absolute Gasteiger partial charge is 0.756 e. The van der Waals surface area contributed by atoms with Gasteiger partial charge in [0.1, 0.15) is 54.4 Å². The number of carbonyl (C=O) groups excluding carboxylic acids is 2. The Bertz CT molecular complexity index is 5720. The van der Waals surface area contributed by atoms with E-state index in [1.54, 1.807) is 0 Å². The molecule has 0 spiro atoms. The molecular formula is C65H85ClN14O41P9S-9. The van der Waals surface area contributed by atoms with E-state index in [1.807, 2.05) is 92.7 Å². The van der Waals surface area contributed by atoms with Crippen molar-refractivity contribution < 1.29 is 178 Å². The van der Waals surface area contributed by atoms with Gasteiger partial charge < -0.3 is 141 Å². The molecule has 3 fully saturated rings. The summed E-state index contributed by atoms with van der Waals surface area (Å²) in [5.41, 5.74) is 29.2. The zero-order chi connectivity index (χ0) is 98.3. The second-order valence-electron chi connectivity index (χ2n) is 28.3. The van der Waals surface area contributed by atoms with Gasteiger partial charge in [0.2, 0.25) is 11.8 Å². The molecule has 0 aliphatic carbocycles. The van der Waals surface area contributed by atoms with E-state index in [0.29, 0.717) is 11.4 Å². The van der Waals surface area contributed by atoms with Gasteiger partial charge in [0.25, 0.3) is 70.4 Å². The van der Waals surface area contributed by atoms with Gasteiger partial charge in [0.05, 0.1) is 43.7 Å². The van der Waals surface area contributed by atoms with Crippen LogP contribution in [0.25, 0.3) is 18.2 Å². The Morgan fingerprint density at radius 2 is 0.832 bits per heavy atom. The highest BCUT2D eigenvalue weighted by atomic mass is 35.5. The second kappa shape index (κ2) is 46.4. The van der Waals surface area contributed by atoms with Crippen LogP contribution in [0.2, 0.25) is 5.02 Å². The number of rotatable bonds is 40. The number of aromatic nitrogens is 6. The summed E-state index contributed by atoms with van der Waals surface area (Å²) in [5.74, 6) is -3.66. The number of amides is 2. The van der Waals surface area contributed by atoms with Crippen molar-refractivity contribution in [2.45, 2.75) is 127 Å². The van der Waals surface area contributed by atoms with Crippen molar-refractivity contribution in [1.82, 2.24) is 44.6 Å². The van der Waals surface area contributed by atoms with Crippen molar-refractivity contribution >= 4 is 142 Å². The first kappa shape index (κ1) is 111. The lowest BCUT2D eigenvalue weighted by atomic mass is 9.76. The topological polar surface area (TPSA) is 898 Å². The smallest absolute Gasteiger partial charge is 0.351 e. The number of ether oxygens (including phenoxy) is 3. The minimum Gasteiger partial charge on any atom is -0.756 e. The van der Waals surface area contributed by atoms with E-state index in [-0.39, 0.29) is 64.7 Å². The molecule has 728 valence electrons. The van der Waals surface area contributed by atoms with E-state index in [4.69, 9.17) is 69.2 Å². The second-order valence-corrected chi connectivity index (χ2v) is 41.9. The normalized spacial score (nSPS) is 25.6. The monoisotopic (exact) mass is 2060 g/mol. The summed E-state index contributed by atoms with van der Waals surface area (Å²) in [6.45, 7) is 5.20. The zero-order valence-corrected chi connectivity index (χ0v) is 77.8. The minimum absolute atomic E-state index is 0.00253. The van der Waals surface area contributed by atoms with Crippen LogP contribution in [0.4, 0.5) is 17.5 Å². The molecule has 0 radical (unpaired) electrons. The summed E-state index contributed by atoms with van der Waals surface area (Å²) in [6, 6.07) is 24.7. The number of aliphatic hydroxyl groups is 3. The van der Waals surface area contributed by atoms with Gasteiger partial charge in [-0.05, 0) is 66.6 Å². The lowest BCUT2D eigenvalue weighted by molar-refractivity contribution is -0.254. The Morgan fingerprint density at radius 1 is 0.519 bits per heavy atom. The number of nitrogens with zero attached hydrogens (tertiary/aromatic N) is 6. The maximum absolute atomic E-state index is 13.5. The van der Waals surface area contributed by atoms with Crippen LogP contribution in [-0.2, 0) is 110 Å². The summed E-state index contributed by atoms with van der Waals surface area (Å²) in [7, 11) is -53.5. The summed E-state index contributed by atoms with van der Waals surface area (Å²) >= 11 is 10.3. The van der Waals surface area contributed by atoms with Gasteiger partial charge in [-0.3, -0.25) is 69.7 Å². The molecule has 3 aliphatic heterocycles. The molecule has 0 bridgehead atoms. The van der Waals surface area contributed by atoms with E-state index in [1.165, 1.54) is 70.0 Å². The number of thiol groups is 1. The van der Waals surface area contributed by atoms with Gasteiger partial charge in [-0.1, -0.05) is 112 Å². The molecule has 3 aromatic heterocycles. The number of anilines is 3. The molecule has 6 aromatic rings. The van der Waals surface area contributed by atoms with Crippen molar-refractivity contribution in [2.24, 2.45) is 29.2 Å². The van der Waals surface area contributed by atoms with Crippen LogP contribution < -0.4 is 106 Å². The Kier molecular flexibility index (Phi) is 39.4. The van der Waals surface area contributed by atoms with Gasteiger partial charge >= 0.3 is 17.1 Å². The first-order valence-corrected chi connectivity index (χ1v) is 51.5. The molecule has 2 amide bonds. The molecule has 0 saturated carbocycles. The van der Waals surface area contributed by atoms with E-state index in [2.05, 4.69) is 83.0 Å². The molecule has 9 rings (SSSR count). The molecule has 15 unspecified atom stereocenters. The van der Waals surface area contributed by atoms with Crippen molar-refractivity contribution in [2.75, 3.05) is 42.8 Å². The standard InChI is InChI=1S/C37H45ClN5O14P3.C16H28N5O14P3S.C12H21N4O13P3/c1-4-30(42-37(26-8-6-5-7-9-26,27-12-10-23(2)11-13-27)28-14-16-29(38)17-15-28)20-32(44)40-19-18-25-21-43(36(46)41-34(25)39)35-24(3)33(45)31(55-35)22-54-59(50,51)57-60(52,53)56-58(47,48)49;1-8-13(23)11(6-32-37(28,29)35-38(30,31)34-36(25,26)27)33-15(8)21-5-9(14(18)20-16(21)24)2-3-19-12(22)4-10(17)7-39;1-6-9(17)8(5-26-31(22,23)29-32(24,25)28-30(19,20)21)27-11(6)16-4-7(2-3-13)10(14)15-12(16)18/h5-19,21,24,30-31,33,35,42,45H,4,20,22H2,1-3H3,(H,40,44)(H,50,51)(H,52,53)(H2,39,41,46)(H2,47,48,49);2-3,5,8,10-11,13,15,23,39H,4,6-7,17H2,1H3,(H,19,22)(H,28,29)(H,30,31)(H2,18,20,24)(H2,25,26,27);2-4,6,8-9,11,17H,5,13H2,1H3,(H,22,23)(H,24,25)(H2,14,15,18)(H2,19,20,21)/p-9/b19-18+;2*3-2+/t24-,30?,31+,33?,35+,37?;8-,10?,11+,13?,15+;6-,8+,9?,11+/m000/s1.